The van der Waals surface area contributed by atoms with Gasteiger partial charge in [0.25, 0.3) is 0 Å². The first-order valence-corrected chi connectivity index (χ1v) is 13.4. The van der Waals surface area contributed by atoms with Gasteiger partial charge in [-0.05, 0) is 65.8 Å². The van der Waals surface area contributed by atoms with Gasteiger partial charge >= 0.3 is 5.97 Å². The molecule has 0 heterocycles. The van der Waals surface area contributed by atoms with Crippen molar-refractivity contribution in [3.8, 4) is 28.0 Å². The highest BCUT2D eigenvalue weighted by atomic mass is 19.1. The van der Waals surface area contributed by atoms with Crippen LogP contribution in [0.4, 0.5) is 4.39 Å². The number of aryl methyl sites for hydroxylation is 1. The van der Waals surface area contributed by atoms with Crippen LogP contribution in [-0.2, 0) is 6.42 Å². The highest BCUT2D eigenvalue weighted by Crippen LogP contribution is 2.36. The van der Waals surface area contributed by atoms with Crippen LogP contribution in [0, 0.1) is 5.82 Å². The van der Waals surface area contributed by atoms with Gasteiger partial charge in [-0.1, -0.05) is 89.1 Å². The van der Waals surface area contributed by atoms with Crippen LogP contribution in [-0.4, -0.2) is 17.7 Å². The number of carbonyl (C=O) groups is 1. The molecule has 0 saturated heterocycles. The predicted molar refractivity (Wildman–Crippen MR) is 146 cm³/mol. The highest BCUT2D eigenvalue weighted by molar-refractivity contribution is 5.93. The molecule has 4 heteroatoms. The van der Waals surface area contributed by atoms with E-state index in [1.165, 1.54) is 50.2 Å². The molecular weight excluding hydrogens is 451 g/mol. The van der Waals surface area contributed by atoms with E-state index in [0.29, 0.717) is 23.5 Å². The summed E-state index contributed by atoms with van der Waals surface area (Å²) in [6.07, 6.45) is 11.8. The zero-order valence-electron chi connectivity index (χ0n) is 21.7. The maximum absolute atomic E-state index is 15.2. The van der Waals surface area contributed by atoms with Crippen molar-refractivity contribution in [3.05, 3.63) is 77.6 Å². The first kappa shape index (κ1) is 27.4. The van der Waals surface area contributed by atoms with E-state index in [9.17, 15) is 9.90 Å². The number of ether oxygens (including phenoxy) is 1. The number of unbranched alkanes of at least 4 members (excludes halogenated alkanes) is 7. The van der Waals surface area contributed by atoms with Crippen LogP contribution in [0.15, 0.2) is 60.7 Å². The highest BCUT2D eigenvalue weighted by Gasteiger charge is 2.16. The fraction of sp³-hybridized carbons (Fsp3) is 0.406. The SMILES string of the molecule is CCCCCCCCc1ccc(-c2ccc(C(=O)O)cc2-c2ccc(OCCCCC)cc2F)cc1. The molecule has 0 amide bonds. The minimum atomic E-state index is -1.03. The molecule has 0 aliphatic heterocycles. The fourth-order valence-electron chi connectivity index (χ4n) is 4.46. The van der Waals surface area contributed by atoms with Crippen LogP contribution in [0.5, 0.6) is 5.75 Å². The van der Waals surface area contributed by atoms with Crippen molar-refractivity contribution in [2.24, 2.45) is 0 Å². The number of benzene rings is 3. The van der Waals surface area contributed by atoms with Crippen LogP contribution < -0.4 is 4.74 Å². The second-order valence-corrected chi connectivity index (χ2v) is 9.48. The summed E-state index contributed by atoms with van der Waals surface area (Å²) in [5, 5.41) is 9.54. The minimum absolute atomic E-state index is 0.132. The van der Waals surface area contributed by atoms with Gasteiger partial charge in [0.2, 0.25) is 0 Å². The van der Waals surface area contributed by atoms with Gasteiger partial charge in [0.05, 0.1) is 12.2 Å². The van der Waals surface area contributed by atoms with Crippen molar-refractivity contribution in [1.29, 1.82) is 0 Å². The molecule has 0 aliphatic carbocycles. The summed E-state index contributed by atoms with van der Waals surface area (Å²) in [6.45, 7) is 4.91. The van der Waals surface area contributed by atoms with E-state index in [1.807, 2.05) is 0 Å². The second-order valence-electron chi connectivity index (χ2n) is 9.48. The Labute approximate surface area is 215 Å². The van der Waals surface area contributed by atoms with Crippen molar-refractivity contribution in [3.63, 3.8) is 0 Å². The quantitative estimate of drug-likeness (QED) is 0.216. The molecule has 0 atom stereocenters. The molecule has 0 radical (unpaired) electrons. The van der Waals surface area contributed by atoms with Crippen LogP contribution in [0.25, 0.3) is 22.3 Å². The molecule has 3 rings (SSSR count). The topological polar surface area (TPSA) is 46.5 Å². The summed E-state index contributed by atoms with van der Waals surface area (Å²) in [7, 11) is 0. The van der Waals surface area contributed by atoms with Gasteiger partial charge in [0.1, 0.15) is 11.6 Å². The lowest BCUT2D eigenvalue weighted by Crippen LogP contribution is -2.00. The first-order valence-electron chi connectivity index (χ1n) is 13.4. The van der Waals surface area contributed by atoms with E-state index in [4.69, 9.17) is 4.74 Å². The average Bonchev–Trinajstić information content (AvgIpc) is 2.89. The van der Waals surface area contributed by atoms with Gasteiger partial charge in [0.15, 0.2) is 0 Å². The maximum Gasteiger partial charge on any atom is 0.335 e. The van der Waals surface area contributed by atoms with E-state index in [1.54, 1.807) is 30.3 Å². The number of hydrogen-bond acceptors (Lipinski definition) is 2. The third kappa shape index (κ3) is 7.94. The lowest BCUT2D eigenvalue weighted by Gasteiger charge is -2.14. The largest absolute Gasteiger partial charge is 0.493 e. The molecule has 3 aromatic rings. The summed E-state index contributed by atoms with van der Waals surface area (Å²) in [4.78, 5) is 11.7. The Kier molecular flexibility index (Phi) is 11.0. The fourth-order valence-corrected chi connectivity index (χ4v) is 4.46. The van der Waals surface area contributed by atoms with Crippen molar-refractivity contribution < 1.29 is 19.0 Å². The van der Waals surface area contributed by atoms with Crippen molar-refractivity contribution in [2.45, 2.75) is 78.1 Å². The first-order chi connectivity index (χ1) is 17.5. The number of hydrogen-bond donors (Lipinski definition) is 1. The van der Waals surface area contributed by atoms with Crippen molar-refractivity contribution in [1.82, 2.24) is 0 Å². The Morgan fingerprint density at radius 3 is 2.11 bits per heavy atom. The van der Waals surface area contributed by atoms with Gasteiger partial charge in [-0.2, -0.15) is 0 Å². The lowest BCUT2D eigenvalue weighted by atomic mass is 9.91. The Balaban J connectivity index is 1.80. The van der Waals surface area contributed by atoms with E-state index in [2.05, 4.69) is 38.1 Å². The van der Waals surface area contributed by atoms with Gasteiger partial charge in [0, 0.05) is 11.6 Å². The normalized spacial score (nSPS) is 11.0. The van der Waals surface area contributed by atoms with Gasteiger partial charge in [-0.15, -0.1) is 0 Å². The minimum Gasteiger partial charge on any atom is -0.493 e. The Morgan fingerprint density at radius 1 is 0.750 bits per heavy atom. The summed E-state index contributed by atoms with van der Waals surface area (Å²) >= 11 is 0. The molecule has 0 spiro atoms. The Hall–Kier alpha value is -3.14. The van der Waals surface area contributed by atoms with Crippen LogP contribution in [0.2, 0.25) is 0 Å². The molecule has 0 aromatic heterocycles. The summed E-state index contributed by atoms with van der Waals surface area (Å²) in [6, 6.07) is 18.1. The van der Waals surface area contributed by atoms with Gasteiger partial charge < -0.3 is 9.84 Å². The molecule has 36 heavy (non-hydrogen) atoms. The summed E-state index contributed by atoms with van der Waals surface area (Å²) in [5.74, 6) is -0.970. The molecule has 3 aromatic carbocycles. The van der Waals surface area contributed by atoms with Crippen LogP contribution in [0.3, 0.4) is 0 Å². The van der Waals surface area contributed by atoms with E-state index < -0.39 is 11.8 Å². The number of carboxylic acids is 1. The zero-order valence-corrected chi connectivity index (χ0v) is 21.7. The number of halogens is 1. The van der Waals surface area contributed by atoms with Crippen LogP contribution in [0.1, 0.15) is 87.6 Å². The van der Waals surface area contributed by atoms with E-state index >= 15 is 4.39 Å². The van der Waals surface area contributed by atoms with Crippen molar-refractivity contribution in [2.75, 3.05) is 6.61 Å². The molecule has 3 nitrogen and oxygen atoms in total. The van der Waals surface area contributed by atoms with Gasteiger partial charge in [-0.25, -0.2) is 9.18 Å². The zero-order chi connectivity index (χ0) is 25.8. The standard InChI is InChI=1S/C32H39FO3/c1-3-5-7-8-9-10-12-24-13-15-25(16-14-24)28-19-17-26(32(34)35)22-30(28)29-20-18-27(23-31(29)33)36-21-11-6-4-2/h13-20,22-23H,3-12,21H2,1-2H3,(H,34,35). The Bertz CT molecular complexity index is 1100. The molecule has 192 valence electrons. The third-order valence-electron chi connectivity index (χ3n) is 6.60. The summed E-state index contributed by atoms with van der Waals surface area (Å²) < 4.78 is 20.9. The summed E-state index contributed by atoms with van der Waals surface area (Å²) in [5.41, 5.74) is 4.09. The second kappa shape index (κ2) is 14.4. The van der Waals surface area contributed by atoms with E-state index in [0.717, 1.165) is 36.8 Å². The third-order valence-corrected chi connectivity index (χ3v) is 6.60. The molecular formula is C32H39FO3. The van der Waals surface area contributed by atoms with Gasteiger partial charge in [-0.3, -0.25) is 0 Å². The molecule has 0 saturated carbocycles. The number of aromatic carboxylic acids is 1. The smallest absolute Gasteiger partial charge is 0.335 e. The molecule has 0 fully saturated rings. The van der Waals surface area contributed by atoms with Crippen LogP contribution >= 0.6 is 0 Å². The lowest BCUT2D eigenvalue weighted by molar-refractivity contribution is 0.0697. The molecule has 1 N–H and O–H groups in total. The average molecular weight is 491 g/mol. The van der Waals surface area contributed by atoms with Crippen molar-refractivity contribution >= 4 is 5.97 Å². The monoisotopic (exact) mass is 490 g/mol. The number of carboxylic acid groups (broad SMARTS) is 1. The van der Waals surface area contributed by atoms with E-state index in [-0.39, 0.29) is 5.56 Å². The maximum atomic E-state index is 15.2. The predicted octanol–water partition coefficient (Wildman–Crippen LogP) is 9.33. The molecule has 0 aliphatic rings. The Morgan fingerprint density at radius 2 is 1.42 bits per heavy atom. The number of rotatable bonds is 15. The molecule has 0 unspecified atom stereocenters. The molecule has 0 bridgehead atoms.